The van der Waals surface area contributed by atoms with Crippen LogP contribution in [0.1, 0.15) is 17.7 Å². The van der Waals surface area contributed by atoms with Crippen LogP contribution in [0.4, 0.5) is 0 Å². The van der Waals surface area contributed by atoms with Gasteiger partial charge < -0.3 is 5.32 Å². The van der Waals surface area contributed by atoms with Gasteiger partial charge in [0.05, 0.1) is 5.69 Å². The van der Waals surface area contributed by atoms with Crippen LogP contribution in [0.2, 0.25) is 0 Å². The smallest absolute Gasteiger partial charge is 0.0964 e. The van der Waals surface area contributed by atoms with Crippen LogP contribution in [0.25, 0.3) is 0 Å². The Hall–Kier alpha value is -1.72. The van der Waals surface area contributed by atoms with Gasteiger partial charge in [0.15, 0.2) is 0 Å². The average Bonchev–Trinajstić information content (AvgIpc) is 3.07. The van der Waals surface area contributed by atoms with Gasteiger partial charge in [0.25, 0.3) is 0 Å². The van der Waals surface area contributed by atoms with E-state index in [4.69, 9.17) is 0 Å². The summed E-state index contributed by atoms with van der Waals surface area (Å²) in [4.78, 5) is 2.50. The van der Waals surface area contributed by atoms with Crippen LogP contribution in [-0.2, 0) is 20.1 Å². The summed E-state index contributed by atoms with van der Waals surface area (Å²) in [5.41, 5.74) is 2.40. The summed E-state index contributed by atoms with van der Waals surface area (Å²) in [7, 11) is 1.90. The Morgan fingerprint density at radius 2 is 2.15 bits per heavy atom. The highest BCUT2D eigenvalue weighted by molar-refractivity contribution is 5.14. The van der Waals surface area contributed by atoms with Gasteiger partial charge in [-0.3, -0.25) is 9.58 Å². The van der Waals surface area contributed by atoms with Gasteiger partial charge in [-0.15, -0.1) is 5.10 Å². The summed E-state index contributed by atoms with van der Waals surface area (Å²) in [5.74, 6) is 0. The van der Waals surface area contributed by atoms with E-state index in [0.29, 0.717) is 6.04 Å². The first-order valence-corrected chi connectivity index (χ1v) is 7.14. The molecule has 2 aromatic rings. The quantitative estimate of drug-likeness (QED) is 0.887. The Bertz CT molecular complexity index is 536. The van der Waals surface area contributed by atoms with Crippen LogP contribution < -0.4 is 5.32 Å². The number of rotatable bonds is 5. The van der Waals surface area contributed by atoms with E-state index in [-0.39, 0.29) is 0 Å². The molecule has 1 aromatic heterocycles. The molecule has 106 valence electrons. The van der Waals surface area contributed by atoms with Gasteiger partial charge in [0.1, 0.15) is 0 Å². The molecule has 0 spiro atoms. The molecule has 1 aromatic carbocycles. The fraction of sp³-hybridized carbons (Fsp3) is 0.467. The molecule has 0 aliphatic carbocycles. The number of aryl methyl sites for hydroxylation is 1. The van der Waals surface area contributed by atoms with Crippen molar-refractivity contribution in [2.75, 3.05) is 13.1 Å². The molecule has 1 atom stereocenters. The minimum atomic E-state index is 0.556. The molecule has 1 saturated heterocycles. The lowest BCUT2D eigenvalue weighted by Crippen LogP contribution is -2.32. The first-order chi connectivity index (χ1) is 9.79. The summed E-state index contributed by atoms with van der Waals surface area (Å²) < 4.78 is 1.74. The summed E-state index contributed by atoms with van der Waals surface area (Å²) in [6, 6.07) is 11.2. The van der Waals surface area contributed by atoms with Crippen LogP contribution in [0.3, 0.4) is 0 Å². The van der Waals surface area contributed by atoms with Crippen molar-refractivity contribution in [1.82, 2.24) is 25.2 Å². The molecule has 2 heterocycles. The second-order valence-corrected chi connectivity index (χ2v) is 5.47. The van der Waals surface area contributed by atoms with Crippen LogP contribution in [-0.4, -0.2) is 39.0 Å². The Labute approximate surface area is 119 Å². The average molecular weight is 271 g/mol. The lowest BCUT2D eigenvalue weighted by atomic mass is 10.2. The number of hydrogen-bond acceptors (Lipinski definition) is 4. The standard InChI is InChI=1S/C15H21N5/c1-19-11-15(17-18-19)9-16-14-7-8-20(12-14)10-13-5-3-2-4-6-13/h2-6,11,14,16H,7-10,12H2,1H3. The van der Waals surface area contributed by atoms with E-state index in [2.05, 4.69) is 50.9 Å². The lowest BCUT2D eigenvalue weighted by molar-refractivity contribution is 0.319. The van der Waals surface area contributed by atoms with Gasteiger partial charge in [0, 0.05) is 45.5 Å². The Morgan fingerprint density at radius 3 is 2.90 bits per heavy atom. The lowest BCUT2D eigenvalue weighted by Gasteiger charge is -2.16. The maximum absolute atomic E-state index is 4.10. The number of nitrogens with one attached hydrogen (secondary N) is 1. The molecule has 1 aliphatic heterocycles. The summed E-state index contributed by atoms with van der Waals surface area (Å²) >= 11 is 0. The molecule has 1 N–H and O–H groups in total. The largest absolute Gasteiger partial charge is 0.307 e. The van der Waals surface area contributed by atoms with Gasteiger partial charge in [0.2, 0.25) is 0 Å². The van der Waals surface area contributed by atoms with Crippen molar-refractivity contribution in [2.45, 2.75) is 25.6 Å². The maximum Gasteiger partial charge on any atom is 0.0964 e. The highest BCUT2D eigenvalue weighted by Gasteiger charge is 2.21. The predicted octanol–water partition coefficient (Wildman–Crippen LogP) is 1.18. The second kappa shape index (κ2) is 6.15. The van der Waals surface area contributed by atoms with Crippen LogP contribution in [0.15, 0.2) is 36.5 Å². The third kappa shape index (κ3) is 3.43. The van der Waals surface area contributed by atoms with Gasteiger partial charge in [-0.1, -0.05) is 35.5 Å². The van der Waals surface area contributed by atoms with Gasteiger partial charge in [-0.2, -0.15) is 0 Å². The number of hydrogen-bond donors (Lipinski definition) is 1. The minimum Gasteiger partial charge on any atom is -0.307 e. The van der Waals surface area contributed by atoms with Crippen molar-refractivity contribution >= 4 is 0 Å². The number of likely N-dealkylation sites (tertiary alicyclic amines) is 1. The Kier molecular flexibility index (Phi) is 4.08. The fourth-order valence-corrected chi connectivity index (χ4v) is 2.71. The van der Waals surface area contributed by atoms with Crippen LogP contribution in [0, 0.1) is 0 Å². The predicted molar refractivity (Wildman–Crippen MR) is 78.0 cm³/mol. The molecule has 0 bridgehead atoms. The third-order valence-electron chi connectivity index (χ3n) is 3.74. The summed E-state index contributed by atoms with van der Waals surface area (Å²) in [6.07, 6.45) is 3.16. The normalized spacial score (nSPS) is 19.6. The van der Waals surface area contributed by atoms with E-state index < -0.39 is 0 Å². The fourth-order valence-electron chi connectivity index (χ4n) is 2.71. The maximum atomic E-state index is 4.10. The van der Waals surface area contributed by atoms with Gasteiger partial charge >= 0.3 is 0 Å². The molecule has 1 fully saturated rings. The van der Waals surface area contributed by atoms with E-state index >= 15 is 0 Å². The molecular formula is C15H21N5. The zero-order chi connectivity index (χ0) is 13.8. The van der Waals surface area contributed by atoms with Crippen LogP contribution in [0.5, 0.6) is 0 Å². The zero-order valence-electron chi connectivity index (χ0n) is 11.9. The molecule has 0 radical (unpaired) electrons. The summed E-state index contributed by atoms with van der Waals surface area (Å²) in [5, 5.41) is 11.6. The van der Waals surface area contributed by atoms with E-state index in [1.165, 1.54) is 12.0 Å². The highest BCUT2D eigenvalue weighted by Crippen LogP contribution is 2.13. The third-order valence-corrected chi connectivity index (χ3v) is 3.74. The van der Waals surface area contributed by atoms with E-state index in [9.17, 15) is 0 Å². The molecule has 0 saturated carbocycles. The van der Waals surface area contributed by atoms with Crippen molar-refractivity contribution in [3.05, 3.63) is 47.8 Å². The Morgan fingerprint density at radius 1 is 1.30 bits per heavy atom. The molecule has 5 nitrogen and oxygen atoms in total. The Balaban J connectivity index is 1.45. The first kappa shape index (κ1) is 13.3. The number of benzene rings is 1. The monoisotopic (exact) mass is 271 g/mol. The molecule has 1 unspecified atom stereocenters. The van der Waals surface area contributed by atoms with Crippen molar-refractivity contribution in [2.24, 2.45) is 7.05 Å². The molecule has 5 heteroatoms. The molecule has 0 amide bonds. The molecule has 1 aliphatic rings. The molecular weight excluding hydrogens is 250 g/mol. The van der Waals surface area contributed by atoms with Crippen molar-refractivity contribution in [3.8, 4) is 0 Å². The van der Waals surface area contributed by atoms with E-state index in [0.717, 1.165) is 31.9 Å². The SMILES string of the molecule is Cn1cc(CNC2CCN(Cc3ccccc3)C2)nn1. The van der Waals surface area contributed by atoms with Crippen molar-refractivity contribution in [3.63, 3.8) is 0 Å². The van der Waals surface area contributed by atoms with Crippen molar-refractivity contribution < 1.29 is 0 Å². The molecule has 3 rings (SSSR count). The topological polar surface area (TPSA) is 46.0 Å². The van der Waals surface area contributed by atoms with Gasteiger partial charge in [-0.25, -0.2) is 0 Å². The van der Waals surface area contributed by atoms with Gasteiger partial charge in [-0.05, 0) is 12.0 Å². The van der Waals surface area contributed by atoms with Crippen molar-refractivity contribution in [1.29, 1.82) is 0 Å². The summed E-state index contributed by atoms with van der Waals surface area (Å²) in [6.45, 7) is 4.12. The first-order valence-electron chi connectivity index (χ1n) is 7.14. The number of nitrogens with zero attached hydrogens (tertiary/aromatic N) is 4. The van der Waals surface area contributed by atoms with E-state index in [1.54, 1.807) is 4.68 Å². The van der Waals surface area contributed by atoms with E-state index in [1.807, 2.05) is 13.2 Å². The molecule has 20 heavy (non-hydrogen) atoms. The van der Waals surface area contributed by atoms with Crippen LogP contribution >= 0.6 is 0 Å². The zero-order valence-corrected chi connectivity index (χ0v) is 11.9. The second-order valence-electron chi connectivity index (χ2n) is 5.47. The minimum absolute atomic E-state index is 0.556. The number of aromatic nitrogens is 3. The highest BCUT2D eigenvalue weighted by atomic mass is 15.4.